The summed E-state index contributed by atoms with van der Waals surface area (Å²) in [4.78, 5) is 21.0. The minimum absolute atomic E-state index is 0.145. The molecule has 0 unspecified atom stereocenters. The topological polar surface area (TPSA) is 88.5 Å². The summed E-state index contributed by atoms with van der Waals surface area (Å²) in [5, 5.41) is 10.1. The fourth-order valence-corrected chi connectivity index (χ4v) is 4.16. The van der Waals surface area contributed by atoms with E-state index >= 15 is 0 Å². The summed E-state index contributed by atoms with van der Waals surface area (Å²) in [7, 11) is 0. The van der Waals surface area contributed by atoms with Crippen molar-refractivity contribution < 1.29 is 9.63 Å². The number of rotatable bonds is 9. The Bertz CT molecular complexity index is 1110. The van der Waals surface area contributed by atoms with Gasteiger partial charge in [0.25, 0.3) is 5.91 Å². The highest BCUT2D eigenvalue weighted by atomic mass is 35.5. The van der Waals surface area contributed by atoms with Crippen molar-refractivity contribution in [2.75, 3.05) is 16.7 Å². The van der Waals surface area contributed by atoms with Gasteiger partial charge < -0.3 is 10.2 Å². The molecule has 0 atom stereocenters. The van der Waals surface area contributed by atoms with Crippen LogP contribution in [0.1, 0.15) is 16.7 Å². The van der Waals surface area contributed by atoms with Crippen molar-refractivity contribution in [1.82, 2.24) is 9.36 Å². The first-order valence-corrected chi connectivity index (χ1v) is 11.3. The fraction of sp³-hybridized carbons (Fsp3) is 0.0833. The van der Waals surface area contributed by atoms with Crippen LogP contribution in [0.15, 0.2) is 96.2 Å². The zero-order valence-electron chi connectivity index (χ0n) is 17.4. The number of benzene rings is 3. The van der Waals surface area contributed by atoms with Gasteiger partial charge in [-0.1, -0.05) is 108 Å². The van der Waals surface area contributed by atoms with E-state index in [0.29, 0.717) is 5.13 Å². The summed E-state index contributed by atoms with van der Waals surface area (Å²) < 4.78 is 4.26. The zero-order valence-corrected chi connectivity index (χ0v) is 19.0. The first-order chi connectivity index (χ1) is 16.2. The van der Waals surface area contributed by atoms with E-state index in [2.05, 4.69) is 66.4 Å². The predicted octanol–water partition coefficient (Wildman–Crippen LogP) is 5.08. The molecule has 0 radical (unpaired) electrons. The SMILES string of the molecule is O=C(C=NOCCl)Nc1nsc(NC(c2ccccc2)(c2ccccc2)c2ccccc2)n1. The Labute approximate surface area is 200 Å². The fourth-order valence-electron chi connectivity index (χ4n) is 3.52. The van der Waals surface area contributed by atoms with Gasteiger partial charge in [-0.2, -0.15) is 9.36 Å². The van der Waals surface area contributed by atoms with Gasteiger partial charge in [-0.25, -0.2) is 0 Å². The summed E-state index contributed by atoms with van der Waals surface area (Å²) in [5.41, 5.74) is 2.37. The molecular weight excluding hydrogens is 458 g/mol. The molecule has 4 rings (SSSR count). The second kappa shape index (κ2) is 10.7. The number of amides is 1. The van der Waals surface area contributed by atoms with Crippen LogP contribution in [0.5, 0.6) is 0 Å². The van der Waals surface area contributed by atoms with Gasteiger partial charge in [0.2, 0.25) is 11.1 Å². The summed E-state index contributed by atoms with van der Waals surface area (Å²) in [6.45, 7) is 0. The first-order valence-electron chi connectivity index (χ1n) is 10.0. The van der Waals surface area contributed by atoms with Gasteiger partial charge in [-0.05, 0) is 16.7 Å². The lowest BCUT2D eigenvalue weighted by Crippen LogP contribution is -2.38. The predicted molar refractivity (Wildman–Crippen MR) is 132 cm³/mol. The van der Waals surface area contributed by atoms with Gasteiger partial charge in [0.15, 0.2) is 6.07 Å². The molecule has 0 bridgehead atoms. The lowest BCUT2D eigenvalue weighted by molar-refractivity contribution is -0.110. The van der Waals surface area contributed by atoms with Crippen LogP contribution in [0.25, 0.3) is 0 Å². The summed E-state index contributed by atoms with van der Waals surface area (Å²) in [5.74, 6) is -0.363. The second-order valence-corrected chi connectivity index (χ2v) is 7.83. The van der Waals surface area contributed by atoms with Crippen molar-refractivity contribution in [3.63, 3.8) is 0 Å². The molecule has 1 heterocycles. The molecule has 2 N–H and O–H groups in total. The molecule has 0 aliphatic heterocycles. The number of hydrogen-bond donors (Lipinski definition) is 2. The van der Waals surface area contributed by atoms with Crippen LogP contribution in [0, 0.1) is 0 Å². The zero-order chi connectivity index (χ0) is 22.9. The number of nitrogens with zero attached hydrogens (tertiary/aromatic N) is 3. The molecule has 0 spiro atoms. The Morgan fingerprint density at radius 1 is 0.939 bits per heavy atom. The minimum atomic E-state index is -0.736. The molecule has 0 aliphatic rings. The number of alkyl halides is 1. The molecular formula is C24H20ClN5O2S. The number of oxime groups is 1. The number of carbonyl (C=O) groups is 1. The number of aromatic nitrogens is 2. The maximum absolute atomic E-state index is 12.0. The lowest BCUT2D eigenvalue weighted by atomic mass is 9.77. The largest absolute Gasteiger partial charge is 0.379 e. The van der Waals surface area contributed by atoms with Crippen LogP contribution in [0.4, 0.5) is 11.1 Å². The van der Waals surface area contributed by atoms with Crippen molar-refractivity contribution in [2.24, 2.45) is 5.16 Å². The summed E-state index contributed by atoms with van der Waals surface area (Å²) >= 11 is 6.51. The molecule has 0 fully saturated rings. The van der Waals surface area contributed by atoms with Crippen molar-refractivity contribution in [3.05, 3.63) is 108 Å². The van der Waals surface area contributed by atoms with Gasteiger partial charge in [0, 0.05) is 11.5 Å². The van der Waals surface area contributed by atoms with E-state index in [1.807, 2.05) is 54.6 Å². The summed E-state index contributed by atoms with van der Waals surface area (Å²) in [6, 6.07) is 30.3. The van der Waals surface area contributed by atoms with E-state index < -0.39 is 11.4 Å². The van der Waals surface area contributed by atoms with Crippen LogP contribution in [0.3, 0.4) is 0 Å². The molecule has 0 aliphatic carbocycles. The molecule has 7 nitrogen and oxygen atoms in total. The summed E-state index contributed by atoms with van der Waals surface area (Å²) in [6.07, 6.45) is 0.971. The Hall–Kier alpha value is -3.75. The molecule has 4 aromatic rings. The van der Waals surface area contributed by atoms with Gasteiger partial charge in [-0.15, -0.1) is 0 Å². The Balaban J connectivity index is 1.74. The van der Waals surface area contributed by atoms with Crippen LogP contribution in [-0.2, 0) is 15.2 Å². The highest BCUT2D eigenvalue weighted by molar-refractivity contribution is 7.09. The number of anilines is 2. The quantitative estimate of drug-likeness (QED) is 0.152. The Morgan fingerprint density at radius 3 is 1.94 bits per heavy atom. The normalized spacial score (nSPS) is 11.3. The van der Waals surface area contributed by atoms with Crippen LogP contribution in [0.2, 0.25) is 0 Å². The second-order valence-electron chi connectivity index (χ2n) is 6.86. The monoisotopic (exact) mass is 477 g/mol. The Kier molecular flexibility index (Phi) is 7.29. The van der Waals surface area contributed by atoms with E-state index in [1.165, 1.54) is 0 Å². The molecule has 1 amide bonds. The smallest absolute Gasteiger partial charge is 0.272 e. The van der Waals surface area contributed by atoms with E-state index in [-0.39, 0.29) is 12.0 Å². The maximum Gasteiger partial charge on any atom is 0.272 e. The maximum atomic E-state index is 12.0. The standard InChI is InChI=1S/C24H20ClN5O2S/c25-17-32-26-16-21(31)27-22-28-23(33-30-22)29-24(18-10-4-1-5-11-18,19-12-6-2-7-13-19)20-14-8-3-9-15-20/h1-16H,17H2,(H2,27,28,29,30,31). The van der Waals surface area contributed by atoms with Gasteiger partial charge in [-0.3, -0.25) is 10.1 Å². The average molecular weight is 478 g/mol. The highest BCUT2D eigenvalue weighted by Crippen LogP contribution is 2.40. The number of halogens is 1. The minimum Gasteiger partial charge on any atom is -0.379 e. The van der Waals surface area contributed by atoms with E-state index in [0.717, 1.165) is 34.4 Å². The van der Waals surface area contributed by atoms with Gasteiger partial charge in [0.1, 0.15) is 11.8 Å². The number of nitrogens with one attached hydrogen (secondary N) is 2. The lowest BCUT2D eigenvalue weighted by Gasteiger charge is -2.36. The van der Waals surface area contributed by atoms with Crippen LogP contribution >= 0.6 is 23.1 Å². The highest BCUT2D eigenvalue weighted by Gasteiger charge is 2.37. The van der Waals surface area contributed by atoms with Crippen LogP contribution in [-0.4, -0.2) is 27.5 Å². The van der Waals surface area contributed by atoms with Gasteiger partial charge in [0.05, 0.1) is 0 Å². The van der Waals surface area contributed by atoms with Crippen molar-refractivity contribution in [2.45, 2.75) is 5.54 Å². The number of hydrogen-bond acceptors (Lipinski definition) is 7. The van der Waals surface area contributed by atoms with Gasteiger partial charge >= 0.3 is 0 Å². The Morgan fingerprint density at radius 2 is 1.45 bits per heavy atom. The molecule has 3 aromatic carbocycles. The molecule has 0 saturated carbocycles. The van der Waals surface area contributed by atoms with Crippen molar-refractivity contribution in [1.29, 1.82) is 0 Å². The van der Waals surface area contributed by atoms with Crippen molar-refractivity contribution >= 4 is 46.3 Å². The molecule has 1 aromatic heterocycles. The average Bonchev–Trinajstić information content (AvgIpc) is 3.31. The third-order valence-corrected chi connectivity index (χ3v) is 5.60. The van der Waals surface area contributed by atoms with E-state index in [1.54, 1.807) is 0 Å². The van der Waals surface area contributed by atoms with E-state index in [4.69, 9.17) is 11.6 Å². The molecule has 33 heavy (non-hydrogen) atoms. The molecule has 166 valence electrons. The molecule has 0 saturated heterocycles. The van der Waals surface area contributed by atoms with Crippen LogP contribution < -0.4 is 10.6 Å². The van der Waals surface area contributed by atoms with Crippen molar-refractivity contribution in [3.8, 4) is 0 Å². The first kappa shape index (κ1) is 22.4. The third kappa shape index (κ3) is 5.19. The third-order valence-electron chi connectivity index (χ3n) is 4.87. The molecule has 9 heteroatoms. The van der Waals surface area contributed by atoms with E-state index in [9.17, 15) is 4.79 Å². The number of carbonyl (C=O) groups excluding carboxylic acids is 1.